The molecule has 0 saturated carbocycles. The number of primary amides is 1. The predicted octanol–water partition coefficient (Wildman–Crippen LogP) is 3.89. The van der Waals surface area contributed by atoms with Crippen molar-refractivity contribution < 1.29 is 13.2 Å². The van der Waals surface area contributed by atoms with Crippen LogP contribution in [0.15, 0.2) is 90.0 Å². The molecule has 210 valence electrons. The number of rotatable bonds is 7. The monoisotopic (exact) mass is 568 g/mol. The van der Waals surface area contributed by atoms with Crippen LogP contribution in [0, 0.1) is 6.92 Å². The van der Waals surface area contributed by atoms with Gasteiger partial charge in [0.2, 0.25) is 10.0 Å². The number of sulfonamides is 1. The third-order valence-electron chi connectivity index (χ3n) is 7.73. The fourth-order valence-corrected chi connectivity index (χ4v) is 6.73. The van der Waals surface area contributed by atoms with Crippen LogP contribution >= 0.6 is 0 Å². The van der Waals surface area contributed by atoms with Crippen molar-refractivity contribution in [2.45, 2.75) is 18.4 Å². The van der Waals surface area contributed by atoms with Crippen LogP contribution in [0.4, 0.5) is 0 Å². The molecule has 0 atom stereocenters. The average Bonchev–Trinajstić information content (AvgIpc) is 3.57. The summed E-state index contributed by atoms with van der Waals surface area (Å²) < 4.78 is 31.6. The highest BCUT2D eigenvalue weighted by Crippen LogP contribution is 2.26. The Kier molecular flexibility index (Phi) is 6.98. The molecule has 0 bridgehead atoms. The molecule has 3 heterocycles. The van der Waals surface area contributed by atoms with Crippen LogP contribution in [0.1, 0.15) is 21.7 Å². The molecule has 2 N–H and O–H groups in total. The summed E-state index contributed by atoms with van der Waals surface area (Å²) >= 11 is 0. The Morgan fingerprint density at radius 2 is 1.54 bits per heavy atom. The molecule has 1 aliphatic heterocycles. The van der Waals surface area contributed by atoms with Gasteiger partial charge in [-0.2, -0.15) is 9.40 Å². The summed E-state index contributed by atoms with van der Waals surface area (Å²) in [5.41, 5.74) is 11.6. The quantitative estimate of drug-likeness (QED) is 0.321. The number of nitrogens with zero attached hydrogens (tertiary/aromatic N) is 5. The van der Waals surface area contributed by atoms with Gasteiger partial charge in [-0.25, -0.2) is 13.1 Å². The lowest BCUT2D eigenvalue weighted by Gasteiger charge is -2.31. The maximum atomic E-state index is 13.0. The molecule has 1 amide bonds. The van der Waals surface area contributed by atoms with Crippen molar-refractivity contribution in [1.82, 2.24) is 23.6 Å². The second-order valence-electron chi connectivity index (χ2n) is 10.6. The number of aromatic nitrogens is 3. The topological polar surface area (TPSA) is 106 Å². The van der Waals surface area contributed by atoms with Gasteiger partial charge >= 0.3 is 0 Å². The van der Waals surface area contributed by atoms with E-state index in [0.717, 1.165) is 52.1 Å². The molecule has 5 aromatic rings. The molecule has 6 rings (SSSR count). The van der Waals surface area contributed by atoms with Crippen molar-refractivity contribution in [3.05, 3.63) is 102 Å². The minimum atomic E-state index is -3.48. The molecule has 0 unspecified atom stereocenters. The average molecular weight is 569 g/mol. The van der Waals surface area contributed by atoms with Gasteiger partial charge in [0.15, 0.2) is 5.69 Å². The second kappa shape index (κ2) is 10.6. The van der Waals surface area contributed by atoms with E-state index in [4.69, 9.17) is 5.73 Å². The first-order valence-electron chi connectivity index (χ1n) is 13.5. The van der Waals surface area contributed by atoms with E-state index in [0.29, 0.717) is 24.5 Å². The van der Waals surface area contributed by atoms with E-state index in [2.05, 4.69) is 57.2 Å². The maximum Gasteiger partial charge on any atom is 0.269 e. The van der Waals surface area contributed by atoms with Crippen LogP contribution in [-0.2, 0) is 16.6 Å². The molecule has 1 aliphatic rings. The molecule has 2 aromatic heterocycles. The zero-order valence-corrected chi connectivity index (χ0v) is 23.9. The molecule has 41 heavy (non-hydrogen) atoms. The van der Waals surface area contributed by atoms with E-state index in [1.54, 1.807) is 27.2 Å². The lowest BCUT2D eigenvalue weighted by atomic mass is 10.0. The number of carbonyl (C=O) groups is 1. The van der Waals surface area contributed by atoms with Crippen molar-refractivity contribution in [3.8, 4) is 16.8 Å². The zero-order valence-electron chi connectivity index (χ0n) is 23.1. The minimum absolute atomic E-state index is 0.246. The van der Waals surface area contributed by atoms with Crippen molar-refractivity contribution in [1.29, 1.82) is 0 Å². The third-order valence-corrected chi connectivity index (χ3v) is 9.65. The van der Waals surface area contributed by atoms with Crippen molar-refractivity contribution in [2.75, 3.05) is 33.2 Å². The number of nitrogens with two attached hydrogens (primary N) is 1. The predicted molar refractivity (Wildman–Crippen MR) is 160 cm³/mol. The molecule has 1 fully saturated rings. The highest BCUT2D eigenvalue weighted by Gasteiger charge is 2.27. The van der Waals surface area contributed by atoms with Crippen molar-refractivity contribution >= 4 is 26.8 Å². The number of hydrogen-bond donors (Lipinski definition) is 1. The normalized spacial score (nSPS) is 15.0. The Bertz CT molecular complexity index is 1830. The third kappa shape index (κ3) is 5.29. The lowest BCUT2D eigenvalue weighted by Crippen LogP contribution is -2.46. The number of aryl methyl sites for hydroxylation is 1. The summed E-state index contributed by atoms with van der Waals surface area (Å²) in [5, 5.41) is 5.41. The first kappa shape index (κ1) is 26.9. The number of amides is 1. The number of likely N-dealkylation sites (N-methyl/N-ethyl adjacent to an activating group) is 1. The van der Waals surface area contributed by atoms with E-state index in [9.17, 15) is 13.2 Å². The van der Waals surface area contributed by atoms with Gasteiger partial charge in [-0.05, 0) is 73.1 Å². The Morgan fingerprint density at radius 1 is 0.878 bits per heavy atom. The SMILES string of the molecule is Cc1cc(C(N)=O)nn1-c1ccc2c(ccn2Cc2ccc(-c3ccc(S(=O)(=O)N4CCN(C)CC4)cc3)cc2)c1. The molecular weight excluding hydrogens is 536 g/mol. The van der Waals surface area contributed by atoms with E-state index < -0.39 is 15.9 Å². The number of hydrogen-bond acceptors (Lipinski definition) is 5. The standard InChI is InChI=1S/C31H32N6O3S/c1-22-19-29(31(32)38)33-37(22)27-9-12-30-26(20-27)13-14-35(30)21-23-3-5-24(6-4-23)25-7-10-28(11-8-25)41(39,40)36-17-15-34(2)16-18-36/h3-14,19-20H,15-18,21H2,1-2H3,(H2,32,38). The van der Waals surface area contributed by atoms with Crippen molar-refractivity contribution in [2.24, 2.45) is 5.73 Å². The molecule has 1 saturated heterocycles. The molecule has 0 spiro atoms. The zero-order chi connectivity index (χ0) is 28.7. The van der Waals surface area contributed by atoms with Gasteiger partial charge in [0.1, 0.15) is 0 Å². The highest BCUT2D eigenvalue weighted by atomic mass is 32.2. The van der Waals surface area contributed by atoms with Crippen LogP contribution in [0.25, 0.3) is 27.7 Å². The van der Waals surface area contributed by atoms with Crippen LogP contribution in [0.2, 0.25) is 0 Å². The van der Waals surface area contributed by atoms with Crippen LogP contribution < -0.4 is 5.73 Å². The van der Waals surface area contributed by atoms with Gasteiger partial charge in [0.05, 0.1) is 10.6 Å². The van der Waals surface area contributed by atoms with Gasteiger partial charge < -0.3 is 15.2 Å². The molecular formula is C31H32N6O3S. The van der Waals surface area contributed by atoms with E-state index in [1.165, 1.54) is 0 Å². The second-order valence-corrected chi connectivity index (χ2v) is 12.5. The van der Waals surface area contributed by atoms with Gasteiger partial charge in [0.25, 0.3) is 5.91 Å². The molecule has 10 heteroatoms. The Morgan fingerprint density at radius 3 is 2.17 bits per heavy atom. The minimum Gasteiger partial charge on any atom is -0.364 e. The Balaban J connectivity index is 1.16. The molecule has 3 aromatic carbocycles. The van der Waals surface area contributed by atoms with Crippen LogP contribution in [0.5, 0.6) is 0 Å². The highest BCUT2D eigenvalue weighted by molar-refractivity contribution is 7.89. The number of piperazine rings is 1. The summed E-state index contributed by atoms with van der Waals surface area (Å²) in [4.78, 5) is 14.0. The smallest absolute Gasteiger partial charge is 0.269 e. The summed E-state index contributed by atoms with van der Waals surface area (Å²) in [6.07, 6.45) is 2.06. The van der Waals surface area contributed by atoms with E-state index in [-0.39, 0.29) is 5.69 Å². The fraction of sp³-hybridized carbons (Fsp3) is 0.226. The van der Waals surface area contributed by atoms with Gasteiger partial charge in [-0.1, -0.05) is 36.4 Å². The number of benzene rings is 3. The molecule has 0 aliphatic carbocycles. The Labute approximate surface area is 239 Å². The Hall–Kier alpha value is -4.25. The number of fused-ring (bicyclic) bond motifs is 1. The first-order valence-corrected chi connectivity index (χ1v) is 15.0. The fourth-order valence-electron chi connectivity index (χ4n) is 5.31. The first-order chi connectivity index (χ1) is 19.7. The number of carbonyl (C=O) groups excluding carboxylic acids is 1. The summed E-state index contributed by atoms with van der Waals surface area (Å²) in [7, 11) is -1.47. The maximum absolute atomic E-state index is 13.0. The summed E-state index contributed by atoms with van der Waals surface area (Å²) in [6.45, 7) is 5.12. The van der Waals surface area contributed by atoms with Crippen LogP contribution in [-0.4, -0.2) is 71.1 Å². The summed E-state index contributed by atoms with van der Waals surface area (Å²) in [5.74, 6) is -0.545. The van der Waals surface area contributed by atoms with Gasteiger partial charge in [-0.3, -0.25) is 4.79 Å². The van der Waals surface area contributed by atoms with Gasteiger partial charge in [-0.15, -0.1) is 0 Å². The largest absolute Gasteiger partial charge is 0.364 e. The van der Waals surface area contributed by atoms with Crippen LogP contribution in [0.3, 0.4) is 0 Å². The van der Waals surface area contributed by atoms with E-state index >= 15 is 0 Å². The lowest BCUT2D eigenvalue weighted by molar-refractivity contribution is 0.0995. The summed E-state index contributed by atoms with van der Waals surface area (Å²) in [6, 6.07) is 25.4. The van der Waals surface area contributed by atoms with Crippen molar-refractivity contribution in [3.63, 3.8) is 0 Å². The van der Waals surface area contributed by atoms with Gasteiger partial charge in [0, 0.05) is 55.5 Å². The van der Waals surface area contributed by atoms with E-state index in [1.807, 2.05) is 38.2 Å². The molecule has 0 radical (unpaired) electrons. The molecule has 9 nitrogen and oxygen atoms in total.